The van der Waals surface area contributed by atoms with E-state index in [4.69, 9.17) is 14.6 Å². The number of allylic oxidation sites excluding steroid dienone is 1. The van der Waals surface area contributed by atoms with Gasteiger partial charge in [0.15, 0.2) is 0 Å². The third-order valence-corrected chi connectivity index (χ3v) is 5.31. The summed E-state index contributed by atoms with van der Waals surface area (Å²) in [5.74, 6) is 0.558. The monoisotopic (exact) mass is 453 g/mol. The van der Waals surface area contributed by atoms with Crippen molar-refractivity contribution in [2.45, 2.75) is 25.5 Å². The highest BCUT2D eigenvalue weighted by atomic mass is 19.1. The molecule has 0 spiro atoms. The van der Waals surface area contributed by atoms with Crippen LogP contribution in [-0.2, 0) is 18.3 Å². The number of aromatic nitrogens is 2. The van der Waals surface area contributed by atoms with Crippen molar-refractivity contribution in [2.24, 2.45) is 7.05 Å². The molecular weight excluding hydrogens is 421 g/mol. The van der Waals surface area contributed by atoms with Gasteiger partial charge in [-0.1, -0.05) is 42.5 Å². The van der Waals surface area contributed by atoms with E-state index in [1.54, 1.807) is 23.9 Å². The lowest BCUT2D eigenvalue weighted by Gasteiger charge is -2.25. The molecule has 3 aromatic rings. The van der Waals surface area contributed by atoms with Crippen LogP contribution in [0, 0.1) is 5.82 Å². The van der Waals surface area contributed by atoms with Gasteiger partial charge in [-0.3, -0.25) is 4.90 Å². The van der Waals surface area contributed by atoms with Gasteiger partial charge < -0.3 is 14.6 Å². The van der Waals surface area contributed by atoms with Crippen molar-refractivity contribution in [3.05, 3.63) is 78.6 Å². The smallest absolute Gasteiger partial charge is 0.222 e. The highest BCUT2D eigenvalue weighted by Gasteiger charge is 2.23. The highest BCUT2D eigenvalue weighted by molar-refractivity contribution is 5.65. The van der Waals surface area contributed by atoms with E-state index >= 15 is 0 Å². The lowest BCUT2D eigenvalue weighted by atomic mass is 10.1. The Morgan fingerprint density at radius 1 is 1.21 bits per heavy atom. The maximum atomic E-state index is 13.8. The third kappa shape index (κ3) is 6.99. The maximum absolute atomic E-state index is 13.8. The molecule has 0 saturated heterocycles. The van der Waals surface area contributed by atoms with Gasteiger partial charge in [0.1, 0.15) is 17.3 Å². The normalized spacial score (nSPS) is 12.2. The number of hydrogen-bond acceptors (Lipinski definition) is 5. The molecule has 0 amide bonds. The van der Waals surface area contributed by atoms with Gasteiger partial charge in [0.25, 0.3) is 0 Å². The molecule has 0 aliphatic carbocycles. The average Bonchev–Trinajstić information content (AvgIpc) is 3.11. The largest absolute Gasteiger partial charge is 0.439 e. The van der Waals surface area contributed by atoms with Crippen LogP contribution < -0.4 is 4.74 Å². The lowest BCUT2D eigenvalue weighted by molar-refractivity contribution is 0.0806. The second-order valence-electron chi connectivity index (χ2n) is 7.93. The zero-order valence-corrected chi connectivity index (χ0v) is 19.3. The first-order valence-electron chi connectivity index (χ1n) is 11.1. The van der Waals surface area contributed by atoms with Crippen LogP contribution >= 0.6 is 0 Å². The van der Waals surface area contributed by atoms with E-state index < -0.39 is 6.10 Å². The van der Waals surface area contributed by atoms with E-state index in [1.165, 1.54) is 12.1 Å². The number of methoxy groups -OCH3 is 1. The standard InChI is InChI=1S/C26H32FN3O3/c1-4-5-13-22(31)18-30(15-16-32-3)19-24-25(20-10-7-6-8-11-20)28-29(2)26(24)33-23-14-9-12-21(27)17-23/h4,6-12,14,17,22,31H,1,5,13,15-16,18-19H2,2-3H3. The van der Waals surface area contributed by atoms with Crippen LogP contribution in [0.15, 0.2) is 67.3 Å². The van der Waals surface area contributed by atoms with Crippen molar-refractivity contribution in [2.75, 3.05) is 26.8 Å². The summed E-state index contributed by atoms with van der Waals surface area (Å²) in [4.78, 5) is 2.12. The number of ether oxygens (including phenoxy) is 2. The van der Waals surface area contributed by atoms with Gasteiger partial charge in [-0.2, -0.15) is 5.10 Å². The molecule has 1 N–H and O–H groups in total. The molecule has 3 rings (SSSR count). The Morgan fingerprint density at radius 2 is 2.00 bits per heavy atom. The molecule has 7 heteroatoms. The van der Waals surface area contributed by atoms with Crippen LogP contribution in [0.2, 0.25) is 0 Å². The minimum Gasteiger partial charge on any atom is -0.439 e. The van der Waals surface area contributed by atoms with Crippen molar-refractivity contribution >= 4 is 0 Å². The number of aliphatic hydroxyl groups is 1. The molecule has 33 heavy (non-hydrogen) atoms. The zero-order chi connectivity index (χ0) is 23.6. The van der Waals surface area contributed by atoms with Crippen LogP contribution in [0.3, 0.4) is 0 Å². The number of hydrogen-bond donors (Lipinski definition) is 1. The molecule has 0 aliphatic rings. The Balaban J connectivity index is 1.97. The number of aryl methyl sites for hydroxylation is 1. The second kappa shape index (κ2) is 12.3. The van der Waals surface area contributed by atoms with E-state index in [2.05, 4.69) is 11.5 Å². The summed E-state index contributed by atoms with van der Waals surface area (Å²) in [7, 11) is 3.47. The van der Waals surface area contributed by atoms with Gasteiger partial charge in [-0.15, -0.1) is 6.58 Å². The van der Waals surface area contributed by atoms with Gasteiger partial charge in [0.05, 0.1) is 18.3 Å². The Labute approximate surface area is 194 Å². The van der Waals surface area contributed by atoms with Crippen LogP contribution in [0.4, 0.5) is 4.39 Å². The van der Waals surface area contributed by atoms with E-state index in [0.717, 1.165) is 23.2 Å². The summed E-state index contributed by atoms with van der Waals surface area (Å²) in [6, 6.07) is 15.9. The van der Waals surface area contributed by atoms with E-state index in [9.17, 15) is 9.50 Å². The van der Waals surface area contributed by atoms with Crippen LogP contribution in [0.1, 0.15) is 18.4 Å². The van der Waals surface area contributed by atoms with Gasteiger partial charge in [-0.25, -0.2) is 9.07 Å². The molecule has 2 aromatic carbocycles. The molecule has 1 heterocycles. The number of nitrogens with zero attached hydrogens (tertiary/aromatic N) is 3. The van der Waals surface area contributed by atoms with Crippen molar-refractivity contribution in [3.8, 4) is 22.9 Å². The van der Waals surface area contributed by atoms with E-state index in [1.807, 2.05) is 43.5 Å². The molecule has 1 unspecified atom stereocenters. The van der Waals surface area contributed by atoms with Crippen molar-refractivity contribution in [3.63, 3.8) is 0 Å². The third-order valence-electron chi connectivity index (χ3n) is 5.31. The fourth-order valence-electron chi connectivity index (χ4n) is 3.67. The molecule has 0 saturated carbocycles. The fraction of sp³-hybridized carbons (Fsp3) is 0.346. The molecule has 0 radical (unpaired) electrons. The zero-order valence-electron chi connectivity index (χ0n) is 19.3. The van der Waals surface area contributed by atoms with Crippen LogP contribution in [-0.4, -0.2) is 52.7 Å². The average molecular weight is 454 g/mol. The molecule has 0 fully saturated rings. The highest BCUT2D eigenvalue weighted by Crippen LogP contribution is 2.34. The van der Waals surface area contributed by atoms with Gasteiger partial charge in [0.2, 0.25) is 5.88 Å². The molecule has 176 valence electrons. The van der Waals surface area contributed by atoms with Gasteiger partial charge in [-0.05, 0) is 25.0 Å². The molecule has 1 aromatic heterocycles. The molecule has 0 bridgehead atoms. The molecule has 6 nitrogen and oxygen atoms in total. The minimum absolute atomic E-state index is 0.369. The number of halogens is 1. The molecule has 0 aliphatic heterocycles. The van der Waals surface area contributed by atoms with Crippen LogP contribution in [0.25, 0.3) is 11.3 Å². The summed E-state index contributed by atoms with van der Waals surface area (Å²) in [5.41, 5.74) is 2.60. The quantitative estimate of drug-likeness (QED) is 0.377. The number of rotatable bonds is 13. The second-order valence-corrected chi connectivity index (χ2v) is 7.93. The molecule has 1 atom stereocenters. The first-order chi connectivity index (χ1) is 16.0. The topological polar surface area (TPSA) is 59.8 Å². The van der Waals surface area contributed by atoms with Crippen molar-refractivity contribution < 1.29 is 19.0 Å². The van der Waals surface area contributed by atoms with Crippen molar-refractivity contribution in [1.29, 1.82) is 0 Å². The number of benzene rings is 2. The lowest BCUT2D eigenvalue weighted by Crippen LogP contribution is -2.34. The Morgan fingerprint density at radius 3 is 2.70 bits per heavy atom. The predicted molar refractivity (Wildman–Crippen MR) is 128 cm³/mol. The summed E-state index contributed by atoms with van der Waals surface area (Å²) in [6.07, 6.45) is 2.69. The van der Waals surface area contributed by atoms with E-state index in [0.29, 0.717) is 44.3 Å². The summed E-state index contributed by atoms with van der Waals surface area (Å²) < 4.78 is 26.9. The first-order valence-corrected chi connectivity index (χ1v) is 11.1. The van der Waals surface area contributed by atoms with E-state index in [-0.39, 0.29) is 5.82 Å². The summed E-state index contributed by atoms with van der Waals surface area (Å²) in [5, 5.41) is 15.3. The number of aliphatic hydroxyl groups excluding tert-OH is 1. The van der Waals surface area contributed by atoms with Gasteiger partial charge in [0, 0.05) is 45.4 Å². The predicted octanol–water partition coefficient (Wildman–Crippen LogP) is 4.79. The maximum Gasteiger partial charge on any atom is 0.222 e. The van der Waals surface area contributed by atoms with Gasteiger partial charge >= 0.3 is 0 Å². The SMILES string of the molecule is C=CCCC(O)CN(CCOC)Cc1c(-c2ccccc2)nn(C)c1Oc1cccc(F)c1. The van der Waals surface area contributed by atoms with Crippen molar-refractivity contribution in [1.82, 2.24) is 14.7 Å². The summed E-state index contributed by atoms with van der Waals surface area (Å²) in [6.45, 7) is 5.84. The van der Waals surface area contributed by atoms with Crippen LogP contribution in [0.5, 0.6) is 11.6 Å². The Bertz CT molecular complexity index is 1020. The fourth-order valence-corrected chi connectivity index (χ4v) is 3.67. The molecular formula is C26H32FN3O3. The Hall–Kier alpha value is -3.00. The first kappa shape index (κ1) is 24.6. The minimum atomic E-state index is -0.496. The Kier molecular flexibility index (Phi) is 9.18. The summed E-state index contributed by atoms with van der Waals surface area (Å²) >= 11 is 0.